The van der Waals surface area contributed by atoms with Gasteiger partial charge in [-0.3, -0.25) is 4.57 Å². The maximum absolute atomic E-state index is 6.14. The first-order valence-corrected chi connectivity index (χ1v) is 6.55. The van der Waals surface area contributed by atoms with E-state index in [9.17, 15) is 0 Å². The molecule has 3 aromatic rings. The Morgan fingerprint density at radius 1 is 1.37 bits per heavy atom. The molecular weight excluding hydrogens is 332 g/mol. The third-order valence-corrected chi connectivity index (χ3v) is 3.50. The number of hydrogen-bond acceptors (Lipinski definition) is 4. The van der Waals surface area contributed by atoms with Crippen molar-refractivity contribution in [2.24, 2.45) is 0 Å². The molecule has 2 heterocycles. The Balaban J connectivity index is 2.24. The monoisotopic (exact) mass is 338 g/mol. The molecule has 0 bridgehead atoms. The van der Waals surface area contributed by atoms with E-state index >= 15 is 0 Å². The molecule has 0 atom stereocenters. The number of methoxy groups -OCH3 is 1. The van der Waals surface area contributed by atoms with Crippen molar-refractivity contribution >= 4 is 38.7 Å². The summed E-state index contributed by atoms with van der Waals surface area (Å²) < 4.78 is 7.63. The van der Waals surface area contributed by atoms with Gasteiger partial charge in [-0.2, -0.15) is 0 Å². The minimum atomic E-state index is 0.530. The minimum absolute atomic E-state index is 0.530. The van der Waals surface area contributed by atoms with E-state index in [1.807, 2.05) is 10.6 Å². The first-order chi connectivity index (χ1) is 9.20. The highest BCUT2D eigenvalue weighted by atomic mass is 79.9. The van der Waals surface area contributed by atoms with Crippen molar-refractivity contribution in [3.05, 3.63) is 40.5 Å². The fourth-order valence-electron chi connectivity index (χ4n) is 1.83. The van der Waals surface area contributed by atoms with E-state index in [2.05, 4.69) is 30.9 Å². The fraction of sp³-hybridized carbons (Fsp3) is 0.0833. The van der Waals surface area contributed by atoms with Gasteiger partial charge in [0.15, 0.2) is 10.4 Å². The third kappa shape index (κ3) is 2.06. The molecule has 0 aliphatic heterocycles. The molecule has 0 aliphatic rings. The lowest BCUT2D eigenvalue weighted by Crippen LogP contribution is -1.96. The van der Waals surface area contributed by atoms with Gasteiger partial charge in [0.25, 0.3) is 0 Å². The zero-order valence-corrected chi connectivity index (χ0v) is 12.2. The van der Waals surface area contributed by atoms with Crippen molar-refractivity contribution in [2.45, 2.75) is 0 Å². The molecule has 2 aromatic heterocycles. The summed E-state index contributed by atoms with van der Waals surface area (Å²) in [5.41, 5.74) is 2.27. The van der Waals surface area contributed by atoms with E-state index in [1.165, 1.54) is 6.33 Å². The molecule has 96 valence electrons. The van der Waals surface area contributed by atoms with Crippen LogP contribution in [0.5, 0.6) is 5.75 Å². The van der Waals surface area contributed by atoms with Crippen LogP contribution in [0.4, 0.5) is 0 Å². The van der Waals surface area contributed by atoms with Gasteiger partial charge in [0.05, 0.1) is 24.0 Å². The molecule has 0 fully saturated rings. The summed E-state index contributed by atoms with van der Waals surface area (Å²) in [4.78, 5) is 12.5. The molecule has 0 saturated carbocycles. The number of halogens is 2. The highest BCUT2D eigenvalue weighted by Gasteiger charge is 2.12. The van der Waals surface area contributed by atoms with Gasteiger partial charge in [-0.05, 0) is 34.1 Å². The Hall–Kier alpha value is -1.66. The third-order valence-electron chi connectivity index (χ3n) is 2.68. The average molecular weight is 340 g/mol. The lowest BCUT2D eigenvalue weighted by Gasteiger charge is -2.08. The van der Waals surface area contributed by atoms with Gasteiger partial charge >= 0.3 is 0 Å². The summed E-state index contributed by atoms with van der Waals surface area (Å²) in [5.74, 6) is 0.626. The standard InChI is InChI=1S/C12H8BrClN4O/c1-19-10-3-2-7(4-8(10)14)18-11-9(17-12(18)13)5-15-6-16-11/h2-6H,1H3. The number of benzene rings is 1. The maximum Gasteiger partial charge on any atom is 0.184 e. The van der Waals surface area contributed by atoms with Crippen LogP contribution in [0.3, 0.4) is 0 Å². The zero-order chi connectivity index (χ0) is 13.4. The predicted molar refractivity (Wildman–Crippen MR) is 75.9 cm³/mol. The van der Waals surface area contributed by atoms with Gasteiger partial charge in [-0.25, -0.2) is 15.0 Å². The lowest BCUT2D eigenvalue weighted by atomic mass is 10.3. The Morgan fingerprint density at radius 2 is 2.21 bits per heavy atom. The molecule has 1 aromatic carbocycles. The Bertz CT molecular complexity index is 759. The second-order valence-electron chi connectivity index (χ2n) is 3.77. The van der Waals surface area contributed by atoms with E-state index < -0.39 is 0 Å². The van der Waals surface area contributed by atoms with Crippen molar-refractivity contribution in [3.8, 4) is 11.4 Å². The normalized spacial score (nSPS) is 10.9. The van der Waals surface area contributed by atoms with Crippen LogP contribution in [0.15, 0.2) is 35.5 Å². The summed E-state index contributed by atoms with van der Waals surface area (Å²) in [5, 5.41) is 0.530. The first kappa shape index (κ1) is 12.4. The summed E-state index contributed by atoms with van der Waals surface area (Å²) in [6, 6.07) is 5.49. The number of fused-ring (bicyclic) bond motifs is 1. The maximum atomic E-state index is 6.14. The number of aromatic nitrogens is 4. The molecule has 0 spiro atoms. The second kappa shape index (κ2) is 4.79. The van der Waals surface area contributed by atoms with Gasteiger partial charge in [-0.1, -0.05) is 11.6 Å². The SMILES string of the molecule is COc1ccc(-n2c(Br)nc3cncnc32)cc1Cl. The highest BCUT2D eigenvalue weighted by Crippen LogP contribution is 2.29. The van der Waals surface area contributed by atoms with Gasteiger partial charge in [0.2, 0.25) is 0 Å². The van der Waals surface area contributed by atoms with E-state index in [4.69, 9.17) is 16.3 Å². The molecule has 0 saturated heterocycles. The number of ether oxygens (including phenoxy) is 1. The van der Waals surface area contributed by atoms with Crippen molar-refractivity contribution in [3.63, 3.8) is 0 Å². The van der Waals surface area contributed by atoms with Crippen LogP contribution in [0.25, 0.3) is 16.9 Å². The molecule has 0 N–H and O–H groups in total. The summed E-state index contributed by atoms with van der Waals surface area (Å²) >= 11 is 9.56. The average Bonchev–Trinajstić information content (AvgIpc) is 2.74. The molecule has 7 heteroatoms. The van der Waals surface area contributed by atoms with Crippen LogP contribution in [-0.2, 0) is 0 Å². The molecule has 3 rings (SSSR count). The van der Waals surface area contributed by atoms with Crippen molar-refractivity contribution < 1.29 is 4.74 Å². The fourth-order valence-corrected chi connectivity index (χ4v) is 2.64. The Labute approximate surface area is 122 Å². The predicted octanol–water partition coefficient (Wildman–Crippen LogP) is 3.24. The van der Waals surface area contributed by atoms with Crippen molar-refractivity contribution in [1.29, 1.82) is 0 Å². The van der Waals surface area contributed by atoms with Crippen molar-refractivity contribution in [2.75, 3.05) is 7.11 Å². The summed E-state index contributed by atoms with van der Waals surface area (Å²) in [6.45, 7) is 0. The lowest BCUT2D eigenvalue weighted by molar-refractivity contribution is 0.415. The molecular formula is C12H8BrClN4O. The number of nitrogens with zero attached hydrogens (tertiary/aromatic N) is 4. The molecule has 0 amide bonds. The number of hydrogen-bond donors (Lipinski definition) is 0. The van der Waals surface area contributed by atoms with Crippen molar-refractivity contribution in [1.82, 2.24) is 19.5 Å². The van der Waals surface area contributed by atoms with Gasteiger partial charge in [0, 0.05) is 0 Å². The second-order valence-corrected chi connectivity index (χ2v) is 4.88. The number of imidazole rings is 1. The highest BCUT2D eigenvalue weighted by molar-refractivity contribution is 9.10. The van der Waals surface area contributed by atoms with Crippen LogP contribution < -0.4 is 4.74 Å². The topological polar surface area (TPSA) is 52.8 Å². The Kier molecular flexibility index (Phi) is 3.12. The molecule has 19 heavy (non-hydrogen) atoms. The molecule has 0 unspecified atom stereocenters. The summed E-state index contributed by atoms with van der Waals surface area (Å²) in [6.07, 6.45) is 3.15. The molecule has 0 aliphatic carbocycles. The van der Waals surface area contributed by atoms with Gasteiger partial charge in [-0.15, -0.1) is 0 Å². The van der Waals surface area contributed by atoms with Crippen LogP contribution in [0.1, 0.15) is 0 Å². The number of rotatable bonds is 2. The van der Waals surface area contributed by atoms with E-state index in [-0.39, 0.29) is 0 Å². The smallest absolute Gasteiger partial charge is 0.184 e. The van der Waals surface area contributed by atoms with Gasteiger partial charge in [0.1, 0.15) is 17.6 Å². The van der Waals surface area contributed by atoms with Crippen LogP contribution in [0.2, 0.25) is 5.02 Å². The van der Waals surface area contributed by atoms with Crippen LogP contribution >= 0.6 is 27.5 Å². The van der Waals surface area contributed by atoms with Crippen LogP contribution in [-0.4, -0.2) is 26.6 Å². The van der Waals surface area contributed by atoms with E-state index in [1.54, 1.807) is 25.4 Å². The van der Waals surface area contributed by atoms with E-state index in [0.717, 1.165) is 5.69 Å². The molecule has 0 radical (unpaired) electrons. The minimum Gasteiger partial charge on any atom is -0.495 e. The first-order valence-electron chi connectivity index (χ1n) is 5.38. The summed E-state index contributed by atoms with van der Waals surface area (Å²) in [7, 11) is 1.58. The zero-order valence-electron chi connectivity index (χ0n) is 9.84. The Morgan fingerprint density at radius 3 is 2.95 bits per heavy atom. The quantitative estimate of drug-likeness (QED) is 0.673. The molecule has 5 nitrogen and oxygen atoms in total. The van der Waals surface area contributed by atoms with Crippen LogP contribution in [0, 0.1) is 0 Å². The largest absolute Gasteiger partial charge is 0.495 e. The van der Waals surface area contributed by atoms with Gasteiger partial charge < -0.3 is 4.74 Å². The van der Waals surface area contributed by atoms with E-state index in [0.29, 0.717) is 26.7 Å².